The number of hydrogen-bond acceptors (Lipinski definition) is 4. The summed E-state index contributed by atoms with van der Waals surface area (Å²) >= 11 is 0. The summed E-state index contributed by atoms with van der Waals surface area (Å²) in [4.78, 5) is 23.9. The Morgan fingerprint density at radius 3 is 2.77 bits per heavy atom. The molecule has 26 heavy (non-hydrogen) atoms. The molecule has 1 saturated heterocycles. The fourth-order valence-electron chi connectivity index (χ4n) is 3.43. The molecular weight excluding hydrogens is 326 g/mol. The third kappa shape index (κ3) is 3.60. The quantitative estimate of drug-likeness (QED) is 0.695. The smallest absolute Gasteiger partial charge is 0.271 e. The molecule has 0 atom stereocenters. The van der Waals surface area contributed by atoms with Crippen LogP contribution in [0.3, 0.4) is 0 Å². The van der Waals surface area contributed by atoms with Gasteiger partial charge in [0.1, 0.15) is 11.4 Å². The van der Waals surface area contributed by atoms with E-state index in [1.807, 2.05) is 40.9 Å². The minimum Gasteiger partial charge on any atom is -0.351 e. The number of likely N-dealkylation sites (tertiary alicyclic amines) is 1. The molecule has 1 N–H and O–H groups in total. The monoisotopic (exact) mass is 349 g/mol. The van der Waals surface area contributed by atoms with E-state index in [1.165, 1.54) is 25.9 Å². The molecule has 1 fully saturated rings. The van der Waals surface area contributed by atoms with Crippen LogP contribution in [-0.2, 0) is 0 Å². The lowest BCUT2D eigenvalue weighted by molar-refractivity contribution is 0.0947. The largest absolute Gasteiger partial charge is 0.351 e. The molecule has 2 aromatic heterocycles. The van der Waals surface area contributed by atoms with Crippen molar-refractivity contribution in [2.24, 2.45) is 0 Å². The molecule has 1 amide bonds. The summed E-state index contributed by atoms with van der Waals surface area (Å²) in [5, 5.41) is 2.98. The second-order valence-corrected chi connectivity index (χ2v) is 6.66. The fraction of sp³-hybridized carbons (Fsp3) is 0.350. The van der Waals surface area contributed by atoms with Crippen molar-refractivity contribution in [3.8, 4) is 11.3 Å². The van der Waals surface area contributed by atoms with E-state index in [1.54, 1.807) is 12.4 Å². The maximum atomic E-state index is 12.4. The van der Waals surface area contributed by atoms with E-state index in [2.05, 4.69) is 20.2 Å². The van der Waals surface area contributed by atoms with Gasteiger partial charge in [0.15, 0.2) is 5.65 Å². The van der Waals surface area contributed by atoms with E-state index in [9.17, 15) is 4.79 Å². The molecule has 0 aliphatic carbocycles. The van der Waals surface area contributed by atoms with Gasteiger partial charge in [-0.25, -0.2) is 4.98 Å². The van der Waals surface area contributed by atoms with E-state index in [4.69, 9.17) is 0 Å². The average Bonchev–Trinajstić information content (AvgIpc) is 3.35. The number of carbonyl (C=O) groups is 1. The van der Waals surface area contributed by atoms with Gasteiger partial charge in [0.2, 0.25) is 0 Å². The van der Waals surface area contributed by atoms with E-state index in [0.717, 1.165) is 24.2 Å². The molecule has 1 aliphatic heterocycles. The Hall–Kier alpha value is -2.73. The first-order valence-corrected chi connectivity index (χ1v) is 9.21. The lowest BCUT2D eigenvalue weighted by atomic mass is 10.1. The summed E-state index contributed by atoms with van der Waals surface area (Å²) in [6.07, 6.45) is 8.87. The molecule has 6 nitrogen and oxygen atoms in total. The Balaban J connectivity index is 1.44. The van der Waals surface area contributed by atoms with E-state index in [-0.39, 0.29) is 5.91 Å². The van der Waals surface area contributed by atoms with Crippen molar-refractivity contribution in [2.75, 3.05) is 26.2 Å². The highest BCUT2D eigenvalue weighted by Gasteiger charge is 2.15. The van der Waals surface area contributed by atoms with Gasteiger partial charge >= 0.3 is 0 Å². The van der Waals surface area contributed by atoms with Crippen molar-refractivity contribution in [1.82, 2.24) is 24.6 Å². The average molecular weight is 349 g/mol. The van der Waals surface area contributed by atoms with Crippen LogP contribution in [0.25, 0.3) is 16.9 Å². The van der Waals surface area contributed by atoms with Crippen molar-refractivity contribution in [2.45, 2.75) is 19.3 Å². The first kappa shape index (κ1) is 16.7. The maximum absolute atomic E-state index is 12.4. The topological polar surface area (TPSA) is 62.5 Å². The summed E-state index contributed by atoms with van der Waals surface area (Å²) in [6.45, 7) is 4.10. The zero-order chi connectivity index (χ0) is 17.8. The Labute approximate surface area is 152 Å². The number of amides is 1. The summed E-state index contributed by atoms with van der Waals surface area (Å²) in [6, 6.07) is 9.90. The number of imidazole rings is 1. The van der Waals surface area contributed by atoms with Gasteiger partial charge in [0.25, 0.3) is 5.91 Å². The van der Waals surface area contributed by atoms with Gasteiger partial charge < -0.3 is 14.6 Å². The number of rotatable bonds is 6. The van der Waals surface area contributed by atoms with Crippen LogP contribution in [0.15, 0.2) is 48.9 Å². The van der Waals surface area contributed by atoms with Gasteiger partial charge in [-0.2, -0.15) is 0 Å². The standard InChI is InChI=1S/C20H23N5O/c26-20(22-9-6-13-24-11-4-5-12-24)17-15-25-14-10-21-18(19(25)23-17)16-7-2-1-3-8-16/h1-3,7-8,10,14-15H,4-6,9,11-13H2,(H,22,26). The summed E-state index contributed by atoms with van der Waals surface area (Å²) in [5.41, 5.74) is 2.89. The predicted molar refractivity (Wildman–Crippen MR) is 101 cm³/mol. The van der Waals surface area contributed by atoms with Crippen molar-refractivity contribution in [1.29, 1.82) is 0 Å². The van der Waals surface area contributed by atoms with Crippen LogP contribution >= 0.6 is 0 Å². The van der Waals surface area contributed by atoms with Crippen molar-refractivity contribution < 1.29 is 4.79 Å². The van der Waals surface area contributed by atoms with Crippen LogP contribution in [0.4, 0.5) is 0 Å². The van der Waals surface area contributed by atoms with E-state index in [0.29, 0.717) is 17.9 Å². The predicted octanol–water partition coefficient (Wildman–Crippen LogP) is 2.61. The second-order valence-electron chi connectivity index (χ2n) is 6.66. The molecule has 1 aliphatic rings. The molecule has 3 heterocycles. The summed E-state index contributed by atoms with van der Waals surface area (Å²) in [5.74, 6) is -0.130. The molecule has 1 aromatic carbocycles. The Kier molecular flexibility index (Phi) is 4.93. The molecule has 4 rings (SSSR count). The van der Waals surface area contributed by atoms with Gasteiger partial charge in [-0.15, -0.1) is 0 Å². The molecule has 6 heteroatoms. The number of hydrogen-bond donors (Lipinski definition) is 1. The molecule has 0 radical (unpaired) electrons. The van der Waals surface area contributed by atoms with Crippen LogP contribution in [0.5, 0.6) is 0 Å². The molecule has 0 bridgehead atoms. The summed E-state index contributed by atoms with van der Waals surface area (Å²) in [7, 11) is 0. The first-order valence-electron chi connectivity index (χ1n) is 9.21. The minimum atomic E-state index is -0.130. The van der Waals surface area contributed by atoms with Crippen LogP contribution in [-0.4, -0.2) is 51.4 Å². The van der Waals surface area contributed by atoms with E-state index < -0.39 is 0 Å². The van der Waals surface area contributed by atoms with E-state index >= 15 is 0 Å². The van der Waals surface area contributed by atoms with Gasteiger partial charge in [-0.05, 0) is 38.9 Å². The number of fused-ring (bicyclic) bond motifs is 1. The van der Waals surface area contributed by atoms with Crippen LogP contribution in [0.2, 0.25) is 0 Å². The number of benzene rings is 1. The zero-order valence-electron chi connectivity index (χ0n) is 14.8. The Morgan fingerprint density at radius 2 is 1.96 bits per heavy atom. The van der Waals surface area contributed by atoms with Gasteiger partial charge in [-0.1, -0.05) is 30.3 Å². The van der Waals surface area contributed by atoms with Gasteiger partial charge in [0, 0.05) is 30.7 Å². The highest BCUT2D eigenvalue weighted by atomic mass is 16.1. The number of nitrogens with zero attached hydrogens (tertiary/aromatic N) is 4. The third-order valence-electron chi connectivity index (χ3n) is 4.79. The molecule has 3 aromatic rings. The lowest BCUT2D eigenvalue weighted by Gasteiger charge is -2.13. The molecule has 0 unspecified atom stereocenters. The maximum Gasteiger partial charge on any atom is 0.271 e. The third-order valence-corrected chi connectivity index (χ3v) is 4.79. The van der Waals surface area contributed by atoms with Gasteiger partial charge in [0.05, 0.1) is 0 Å². The Bertz CT molecular complexity index is 884. The number of nitrogens with one attached hydrogen (secondary N) is 1. The number of carbonyl (C=O) groups excluding carboxylic acids is 1. The molecule has 0 spiro atoms. The molecule has 0 saturated carbocycles. The first-order chi connectivity index (χ1) is 12.8. The molecule has 134 valence electrons. The lowest BCUT2D eigenvalue weighted by Crippen LogP contribution is -2.28. The van der Waals surface area contributed by atoms with Crippen LogP contribution < -0.4 is 5.32 Å². The normalized spacial score (nSPS) is 14.8. The Morgan fingerprint density at radius 1 is 1.15 bits per heavy atom. The minimum absolute atomic E-state index is 0.130. The molecular formula is C20H23N5O. The van der Waals surface area contributed by atoms with Crippen molar-refractivity contribution in [3.05, 3.63) is 54.6 Å². The van der Waals surface area contributed by atoms with Gasteiger partial charge in [-0.3, -0.25) is 9.78 Å². The summed E-state index contributed by atoms with van der Waals surface area (Å²) < 4.78 is 1.86. The second kappa shape index (κ2) is 7.66. The highest BCUT2D eigenvalue weighted by molar-refractivity contribution is 5.93. The fourth-order valence-corrected chi connectivity index (χ4v) is 3.43. The van der Waals surface area contributed by atoms with Crippen LogP contribution in [0.1, 0.15) is 29.8 Å². The zero-order valence-corrected chi connectivity index (χ0v) is 14.8. The SMILES string of the molecule is O=C(NCCCN1CCCC1)c1cn2ccnc(-c3ccccc3)c2n1. The highest BCUT2D eigenvalue weighted by Crippen LogP contribution is 2.21. The van der Waals surface area contributed by atoms with Crippen molar-refractivity contribution in [3.63, 3.8) is 0 Å². The van der Waals surface area contributed by atoms with Crippen molar-refractivity contribution >= 4 is 11.6 Å². The number of aromatic nitrogens is 3. The van der Waals surface area contributed by atoms with Crippen LogP contribution in [0, 0.1) is 0 Å².